The molecule has 0 bridgehead atoms. The molecule has 2 unspecified atom stereocenters. The molecule has 0 spiro atoms. The number of aromatic nitrogens is 3. The highest BCUT2D eigenvalue weighted by atomic mass is 15.0. The first kappa shape index (κ1) is 32.6. The Balaban J connectivity index is 0.994. The molecule has 1 aromatic heterocycles. The van der Waals surface area contributed by atoms with Crippen LogP contribution in [0.25, 0.3) is 111 Å². The fourth-order valence-corrected chi connectivity index (χ4v) is 10.3. The molecule has 0 N–H and O–H groups in total. The minimum Gasteiger partial charge on any atom is -0.208 e. The summed E-state index contributed by atoms with van der Waals surface area (Å²) in [7, 11) is 0. The van der Waals surface area contributed by atoms with Crippen LogP contribution in [-0.4, -0.2) is 15.0 Å². The number of nitrogens with zero attached hydrogens (tertiary/aromatic N) is 3. The minimum atomic E-state index is 0.548. The zero-order chi connectivity index (χ0) is 38.6. The smallest absolute Gasteiger partial charge is 0.164 e. The van der Waals surface area contributed by atoms with E-state index in [2.05, 4.69) is 182 Å². The third-order valence-electron chi connectivity index (χ3n) is 13.0. The molecular weight excluding hydrogens is 715 g/mol. The van der Waals surface area contributed by atoms with Crippen molar-refractivity contribution in [2.75, 3.05) is 0 Å². The van der Waals surface area contributed by atoms with Gasteiger partial charge in [0.1, 0.15) is 0 Å². The van der Waals surface area contributed by atoms with Crippen LogP contribution in [0.5, 0.6) is 0 Å². The standard InChI is InChI=1S/C56H35N3/c1-2-13-36(14-3-1)54-57-55(47-23-11-22-45-50-32-49(50)41-18-8-9-19-43(41)53(45)47)59-56(58-54)48-29-28-33-12-4-5-15-38(33)51(48)35-26-24-34(25-27-35)37-30-31-46-40-17-7-6-16-39(40)44-21-10-20-42(37)52(44)46/h1-31,49-50H,32H2. The minimum absolute atomic E-state index is 0.548. The Labute approximate surface area is 342 Å². The Bertz CT molecular complexity index is 3340. The summed E-state index contributed by atoms with van der Waals surface area (Å²) in [6, 6.07) is 68.2. The van der Waals surface area contributed by atoms with Gasteiger partial charge in [-0.05, 0) is 107 Å². The summed E-state index contributed by atoms with van der Waals surface area (Å²) < 4.78 is 0. The van der Waals surface area contributed by atoms with Crippen molar-refractivity contribution in [3.05, 3.63) is 199 Å². The zero-order valence-corrected chi connectivity index (χ0v) is 32.1. The van der Waals surface area contributed by atoms with Gasteiger partial charge in [-0.2, -0.15) is 0 Å². The molecular formula is C56H35N3. The normalized spacial score (nSPS) is 15.4. The predicted octanol–water partition coefficient (Wildman–Crippen LogP) is 14.4. The van der Waals surface area contributed by atoms with Crippen LogP contribution in [0.1, 0.15) is 29.4 Å². The third kappa shape index (κ3) is 4.91. The van der Waals surface area contributed by atoms with Gasteiger partial charge in [-0.15, -0.1) is 0 Å². The van der Waals surface area contributed by atoms with E-state index in [-0.39, 0.29) is 0 Å². The Morgan fingerprint density at radius 3 is 1.68 bits per heavy atom. The molecule has 0 amide bonds. The second-order valence-corrected chi connectivity index (χ2v) is 16.2. The van der Waals surface area contributed by atoms with Crippen LogP contribution >= 0.6 is 0 Å². The first-order chi connectivity index (χ1) is 29.3. The third-order valence-corrected chi connectivity index (χ3v) is 13.0. The van der Waals surface area contributed by atoms with Gasteiger partial charge in [-0.25, -0.2) is 15.0 Å². The van der Waals surface area contributed by atoms with Crippen LogP contribution in [0.15, 0.2) is 188 Å². The average Bonchev–Trinajstić information content (AvgIpc) is 4.06. The van der Waals surface area contributed by atoms with Gasteiger partial charge in [0.2, 0.25) is 0 Å². The maximum absolute atomic E-state index is 5.43. The number of hydrogen-bond acceptors (Lipinski definition) is 3. The quantitative estimate of drug-likeness (QED) is 0.176. The number of rotatable bonds is 5. The van der Waals surface area contributed by atoms with Gasteiger partial charge in [0.05, 0.1) is 0 Å². The van der Waals surface area contributed by atoms with Crippen molar-refractivity contribution < 1.29 is 0 Å². The van der Waals surface area contributed by atoms with Gasteiger partial charge >= 0.3 is 0 Å². The molecule has 59 heavy (non-hydrogen) atoms. The zero-order valence-electron chi connectivity index (χ0n) is 32.1. The summed E-state index contributed by atoms with van der Waals surface area (Å²) in [5.41, 5.74) is 18.3. The fraction of sp³-hybridized carbons (Fsp3) is 0.0536. The molecule has 9 aromatic carbocycles. The van der Waals surface area contributed by atoms with E-state index < -0.39 is 0 Å². The summed E-state index contributed by atoms with van der Waals surface area (Å²) >= 11 is 0. The van der Waals surface area contributed by atoms with Crippen molar-refractivity contribution >= 4 is 21.5 Å². The number of fused-ring (bicyclic) bond motifs is 10. The van der Waals surface area contributed by atoms with E-state index in [9.17, 15) is 0 Å². The highest BCUT2D eigenvalue weighted by Crippen LogP contribution is 2.63. The van der Waals surface area contributed by atoms with Crippen molar-refractivity contribution in [1.29, 1.82) is 0 Å². The molecule has 0 saturated heterocycles. The second-order valence-electron chi connectivity index (χ2n) is 16.2. The van der Waals surface area contributed by atoms with Crippen LogP contribution in [0.3, 0.4) is 0 Å². The predicted molar refractivity (Wildman–Crippen MR) is 242 cm³/mol. The summed E-state index contributed by atoms with van der Waals surface area (Å²) in [5, 5.41) is 4.96. The SMILES string of the molecule is c1ccc(-c2nc(-c3cccc4c3-c3ccccc3C3CC43)nc(-c3ccc4ccccc4c3-c3ccc(-c4ccc5c6c(cccc46)-c4ccccc4-5)cc3)n2)cc1. The molecule has 10 aromatic rings. The van der Waals surface area contributed by atoms with E-state index in [1.165, 1.54) is 78.2 Å². The number of hydrogen-bond donors (Lipinski definition) is 0. The lowest BCUT2D eigenvalue weighted by molar-refractivity contribution is 1.00. The fourth-order valence-electron chi connectivity index (χ4n) is 10.3. The maximum Gasteiger partial charge on any atom is 0.164 e. The first-order valence-electron chi connectivity index (χ1n) is 20.6. The Hall–Kier alpha value is -7.49. The van der Waals surface area contributed by atoms with E-state index in [1.807, 2.05) is 6.07 Å². The number of benzene rings is 9. The van der Waals surface area contributed by atoms with E-state index >= 15 is 0 Å². The molecule has 0 aliphatic heterocycles. The van der Waals surface area contributed by atoms with E-state index in [0.29, 0.717) is 29.3 Å². The summed E-state index contributed by atoms with van der Waals surface area (Å²) in [6.45, 7) is 0. The largest absolute Gasteiger partial charge is 0.208 e. The Morgan fingerprint density at radius 1 is 0.305 bits per heavy atom. The van der Waals surface area contributed by atoms with E-state index in [4.69, 9.17) is 15.0 Å². The molecule has 2 atom stereocenters. The second kappa shape index (κ2) is 12.5. The lowest BCUT2D eigenvalue weighted by atomic mass is 9.83. The molecule has 3 aliphatic carbocycles. The van der Waals surface area contributed by atoms with Crippen LogP contribution in [0.2, 0.25) is 0 Å². The van der Waals surface area contributed by atoms with Gasteiger partial charge in [-0.3, -0.25) is 0 Å². The van der Waals surface area contributed by atoms with Crippen molar-refractivity contribution in [3.8, 4) is 89.8 Å². The van der Waals surface area contributed by atoms with Crippen molar-refractivity contribution in [1.82, 2.24) is 15.0 Å². The maximum atomic E-state index is 5.43. The van der Waals surface area contributed by atoms with Gasteiger partial charge in [0.25, 0.3) is 0 Å². The van der Waals surface area contributed by atoms with Crippen LogP contribution < -0.4 is 0 Å². The lowest BCUT2D eigenvalue weighted by Crippen LogP contribution is -2.05. The monoisotopic (exact) mass is 749 g/mol. The Morgan fingerprint density at radius 2 is 0.847 bits per heavy atom. The van der Waals surface area contributed by atoms with Crippen molar-refractivity contribution in [2.24, 2.45) is 0 Å². The molecule has 3 aliphatic rings. The molecule has 1 heterocycles. The molecule has 0 radical (unpaired) electrons. The van der Waals surface area contributed by atoms with Crippen molar-refractivity contribution in [3.63, 3.8) is 0 Å². The molecule has 1 fully saturated rings. The Kier molecular flexibility index (Phi) is 6.90. The highest BCUT2D eigenvalue weighted by molar-refractivity contribution is 6.18. The van der Waals surface area contributed by atoms with E-state index in [0.717, 1.165) is 33.2 Å². The van der Waals surface area contributed by atoms with Crippen molar-refractivity contribution in [2.45, 2.75) is 18.3 Å². The van der Waals surface area contributed by atoms with Crippen LogP contribution in [0, 0.1) is 0 Å². The topological polar surface area (TPSA) is 38.7 Å². The molecule has 3 nitrogen and oxygen atoms in total. The first-order valence-corrected chi connectivity index (χ1v) is 20.6. The molecule has 274 valence electrons. The van der Waals surface area contributed by atoms with Gasteiger partial charge in [0.15, 0.2) is 17.5 Å². The summed E-state index contributed by atoms with van der Waals surface area (Å²) in [6.07, 6.45) is 1.20. The van der Waals surface area contributed by atoms with E-state index in [1.54, 1.807) is 0 Å². The molecule has 3 heteroatoms. The van der Waals surface area contributed by atoms with Crippen LogP contribution in [0.4, 0.5) is 0 Å². The summed E-state index contributed by atoms with van der Waals surface area (Å²) in [5.74, 6) is 3.18. The van der Waals surface area contributed by atoms with Gasteiger partial charge in [0, 0.05) is 22.3 Å². The highest BCUT2D eigenvalue weighted by Gasteiger charge is 2.46. The lowest BCUT2D eigenvalue weighted by Gasteiger charge is -2.22. The van der Waals surface area contributed by atoms with Gasteiger partial charge < -0.3 is 0 Å². The van der Waals surface area contributed by atoms with Gasteiger partial charge in [-0.1, -0.05) is 182 Å². The summed E-state index contributed by atoms with van der Waals surface area (Å²) in [4.78, 5) is 16.0. The van der Waals surface area contributed by atoms with Crippen LogP contribution in [-0.2, 0) is 0 Å². The molecule has 1 saturated carbocycles. The molecule has 13 rings (SSSR count). The average molecular weight is 750 g/mol.